The number of para-hydroxylation sites is 1. The van der Waals surface area contributed by atoms with E-state index >= 15 is 0 Å². The van der Waals surface area contributed by atoms with Gasteiger partial charge in [0.1, 0.15) is 11.8 Å². The molecular weight excluding hydrogens is 238 g/mol. The van der Waals surface area contributed by atoms with E-state index in [1.807, 2.05) is 18.2 Å². The highest BCUT2D eigenvalue weighted by molar-refractivity contribution is 5.63. The third-order valence-corrected chi connectivity index (χ3v) is 2.62. The third kappa shape index (κ3) is 2.83. The summed E-state index contributed by atoms with van der Waals surface area (Å²) < 4.78 is 5.63. The van der Waals surface area contributed by atoms with Gasteiger partial charge >= 0.3 is 0 Å². The van der Waals surface area contributed by atoms with Crippen molar-refractivity contribution in [2.45, 2.75) is 6.42 Å². The van der Waals surface area contributed by atoms with Crippen molar-refractivity contribution in [2.75, 3.05) is 5.73 Å². The third-order valence-electron chi connectivity index (χ3n) is 2.62. The first-order chi connectivity index (χ1) is 9.24. The maximum atomic E-state index is 8.89. The summed E-state index contributed by atoms with van der Waals surface area (Å²) in [7, 11) is 0. The molecular formula is C15H11N3O. The monoisotopic (exact) mass is 249 g/mol. The number of nitrogen functional groups attached to an aromatic ring is 1. The molecule has 0 aliphatic carbocycles. The Labute approximate surface area is 111 Å². The van der Waals surface area contributed by atoms with Gasteiger partial charge in [0, 0.05) is 0 Å². The molecule has 0 aromatic heterocycles. The van der Waals surface area contributed by atoms with E-state index in [0.29, 0.717) is 29.2 Å². The van der Waals surface area contributed by atoms with Crippen LogP contribution < -0.4 is 10.5 Å². The predicted octanol–water partition coefficient (Wildman–Crippen LogP) is 3.00. The molecule has 0 fully saturated rings. The molecule has 0 atom stereocenters. The van der Waals surface area contributed by atoms with E-state index in [1.165, 1.54) is 0 Å². The summed E-state index contributed by atoms with van der Waals surface area (Å²) in [6.45, 7) is 0. The van der Waals surface area contributed by atoms with E-state index in [9.17, 15) is 0 Å². The number of benzene rings is 2. The highest BCUT2D eigenvalue weighted by Gasteiger charge is 2.06. The summed E-state index contributed by atoms with van der Waals surface area (Å²) in [6.07, 6.45) is 0.367. The Morgan fingerprint density at radius 1 is 1.05 bits per heavy atom. The summed E-state index contributed by atoms with van der Waals surface area (Å²) in [5.74, 6) is 1.07. The molecule has 2 N–H and O–H groups in total. The molecule has 0 unspecified atom stereocenters. The number of anilines is 1. The van der Waals surface area contributed by atoms with Gasteiger partial charge < -0.3 is 10.5 Å². The minimum atomic E-state index is 0.325. The fourth-order valence-electron chi connectivity index (χ4n) is 1.62. The van der Waals surface area contributed by atoms with E-state index < -0.39 is 0 Å². The average Bonchev–Trinajstić information content (AvgIpc) is 2.43. The van der Waals surface area contributed by atoms with Crippen LogP contribution in [-0.2, 0) is 6.42 Å². The van der Waals surface area contributed by atoms with Gasteiger partial charge in [0.25, 0.3) is 0 Å². The van der Waals surface area contributed by atoms with Gasteiger partial charge in [-0.15, -0.1) is 0 Å². The van der Waals surface area contributed by atoms with E-state index in [4.69, 9.17) is 21.0 Å². The van der Waals surface area contributed by atoms with Gasteiger partial charge in [0.15, 0.2) is 5.75 Å². The van der Waals surface area contributed by atoms with Gasteiger partial charge in [0.05, 0.1) is 23.7 Å². The number of ether oxygens (including phenoxy) is 1. The van der Waals surface area contributed by atoms with Crippen molar-refractivity contribution in [3.05, 3.63) is 53.6 Å². The van der Waals surface area contributed by atoms with Gasteiger partial charge in [-0.1, -0.05) is 18.2 Å². The zero-order valence-corrected chi connectivity index (χ0v) is 10.1. The van der Waals surface area contributed by atoms with Crippen LogP contribution >= 0.6 is 0 Å². The van der Waals surface area contributed by atoms with Crippen LogP contribution in [0.4, 0.5) is 5.69 Å². The molecule has 0 amide bonds. The summed E-state index contributed by atoms with van der Waals surface area (Å²) in [5.41, 5.74) is 7.47. The minimum Gasteiger partial charge on any atom is -0.455 e. The van der Waals surface area contributed by atoms with Crippen molar-refractivity contribution in [2.24, 2.45) is 0 Å². The maximum Gasteiger partial charge on any atom is 0.151 e. The Balaban J connectivity index is 2.22. The highest BCUT2D eigenvalue weighted by Crippen LogP contribution is 2.29. The predicted molar refractivity (Wildman–Crippen MR) is 71.4 cm³/mol. The van der Waals surface area contributed by atoms with Crippen LogP contribution in [0, 0.1) is 22.7 Å². The number of nitriles is 2. The van der Waals surface area contributed by atoms with Crippen LogP contribution in [0.15, 0.2) is 42.5 Å². The molecule has 19 heavy (non-hydrogen) atoms. The first kappa shape index (κ1) is 12.5. The highest BCUT2D eigenvalue weighted by atomic mass is 16.5. The van der Waals surface area contributed by atoms with E-state index in [2.05, 4.69) is 6.07 Å². The lowest BCUT2D eigenvalue weighted by atomic mass is 10.1. The van der Waals surface area contributed by atoms with Gasteiger partial charge in [-0.05, 0) is 29.8 Å². The number of nitrogens with zero attached hydrogens (tertiary/aromatic N) is 2. The van der Waals surface area contributed by atoms with Gasteiger partial charge in [-0.25, -0.2) is 0 Å². The van der Waals surface area contributed by atoms with Gasteiger partial charge in [-0.3, -0.25) is 0 Å². The fourth-order valence-corrected chi connectivity index (χ4v) is 1.62. The average molecular weight is 249 g/mol. The Hall–Kier alpha value is -2.98. The lowest BCUT2D eigenvalue weighted by Gasteiger charge is -2.09. The summed E-state index contributed by atoms with van der Waals surface area (Å²) >= 11 is 0. The van der Waals surface area contributed by atoms with Crippen molar-refractivity contribution >= 4 is 5.69 Å². The molecule has 0 bridgehead atoms. The number of hydrogen-bond donors (Lipinski definition) is 1. The molecule has 0 spiro atoms. The SMILES string of the molecule is N#CCc1ccc(Oc2cccc(C#N)c2N)cc1. The van der Waals surface area contributed by atoms with Crippen LogP contribution in [0.3, 0.4) is 0 Å². The molecule has 0 radical (unpaired) electrons. The quantitative estimate of drug-likeness (QED) is 0.847. The van der Waals surface area contributed by atoms with Crippen molar-refractivity contribution in [1.82, 2.24) is 0 Å². The van der Waals surface area contributed by atoms with E-state index in [-0.39, 0.29) is 0 Å². The Kier molecular flexibility index (Phi) is 3.66. The molecule has 4 heteroatoms. The van der Waals surface area contributed by atoms with Gasteiger partial charge in [-0.2, -0.15) is 10.5 Å². The summed E-state index contributed by atoms with van der Waals surface area (Å²) in [4.78, 5) is 0. The number of rotatable bonds is 3. The number of hydrogen-bond acceptors (Lipinski definition) is 4. The van der Waals surface area contributed by atoms with Gasteiger partial charge in [0.2, 0.25) is 0 Å². The summed E-state index contributed by atoms with van der Waals surface area (Å²) in [6, 6.07) is 16.3. The lowest BCUT2D eigenvalue weighted by Crippen LogP contribution is -1.95. The number of nitrogens with two attached hydrogens (primary N) is 1. The molecule has 4 nitrogen and oxygen atoms in total. The summed E-state index contributed by atoms with van der Waals surface area (Å²) in [5, 5.41) is 17.5. The minimum absolute atomic E-state index is 0.325. The molecule has 0 aliphatic rings. The molecule has 0 aliphatic heterocycles. The van der Waals surface area contributed by atoms with Crippen LogP contribution in [-0.4, -0.2) is 0 Å². The second-order valence-electron chi connectivity index (χ2n) is 3.91. The maximum absolute atomic E-state index is 8.89. The van der Waals surface area contributed by atoms with E-state index in [1.54, 1.807) is 30.3 Å². The Morgan fingerprint density at radius 2 is 1.79 bits per heavy atom. The molecule has 0 saturated carbocycles. The molecule has 92 valence electrons. The smallest absolute Gasteiger partial charge is 0.151 e. The second-order valence-corrected chi connectivity index (χ2v) is 3.91. The van der Waals surface area contributed by atoms with Crippen LogP contribution in [0.1, 0.15) is 11.1 Å². The Bertz CT molecular complexity index is 663. The fraction of sp³-hybridized carbons (Fsp3) is 0.0667. The zero-order chi connectivity index (χ0) is 13.7. The molecule has 0 saturated heterocycles. The van der Waals surface area contributed by atoms with Crippen molar-refractivity contribution in [3.8, 4) is 23.6 Å². The zero-order valence-electron chi connectivity index (χ0n) is 10.1. The largest absolute Gasteiger partial charge is 0.455 e. The Morgan fingerprint density at radius 3 is 2.42 bits per heavy atom. The second kappa shape index (κ2) is 5.57. The first-order valence-corrected chi connectivity index (χ1v) is 5.67. The van der Waals surface area contributed by atoms with E-state index in [0.717, 1.165) is 5.56 Å². The molecule has 2 rings (SSSR count). The molecule has 2 aromatic carbocycles. The molecule has 0 heterocycles. The van der Waals surface area contributed by atoms with Crippen molar-refractivity contribution < 1.29 is 4.74 Å². The van der Waals surface area contributed by atoms with Crippen molar-refractivity contribution in [3.63, 3.8) is 0 Å². The normalized spacial score (nSPS) is 9.37. The van der Waals surface area contributed by atoms with Crippen LogP contribution in [0.2, 0.25) is 0 Å². The first-order valence-electron chi connectivity index (χ1n) is 5.67. The standard InChI is InChI=1S/C15H11N3O/c16-9-8-11-4-6-13(7-5-11)19-14-3-1-2-12(10-17)15(14)18/h1-7H,8,18H2. The topological polar surface area (TPSA) is 82.8 Å². The van der Waals surface area contributed by atoms with Crippen LogP contribution in [0.25, 0.3) is 0 Å². The van der Waals surface area contributed by atoms with Crippen LogP contribution in [0.5, 0.6) is 11.5 Å². The molecule has 2 aromatic rings. The van der Waals surface area contributed by atoms with Crippen molar-refractivity contribution in [1.29, 1.82) is 10.5 Å². The lowest BCUT2D eigenvalue weighted by molar-refractivity contribution is 0.485.